The predicted molar refractivity (Wildman–Crippen MR) is 152 cm³/mol. The molecule has 1 aliphatic rings. The zero-order chi connectivity index (χ0) is 27.0. The molecule has 0 radical (unpaired) electrons. The van der Waals surface area contributed by atoms with Crippen molar-refractivity contribution in [2.24, 2.45) is 5.92 Å². The van der Waals surface area contributed by atoms with Crippen LogP contribution in [0.3, 0.4) is 0 Å². The van der Waals surface area contributed by atoms with Crippen LogP contribution in [-0.4, -0.2) is 26.0 Å². The maximum absolute atomic E-state index is 13.2. The van der Waals surface area contributed by atoms with Gasteiger partial charge in [-0.2, -0.15) is 0 Å². The molecular formula is C31H32N2O4S. The molecule has 7 heteroatoms. The first-order chi connectivity index (χ1) is 18.3. The van der Waals surface area contributed by atoms with E-state index in [4.69, 9.17) is 0 Å². The lowest BCUT2D eigenvalue weighted by molar-refractivity contribution is -0.116. The summed E-state index contributed by atoms with van der Waals surface area (Å²) < 4.78 is 26.3. The van der Waals surface area contributed by atoms with Crippen molar-refractivity contribution in [3.8, 4) is 0 Å². The number of anilines is 1. The molecule has 4 rings (SSSR count). The normalized spacial score (nSPS) is 16.7. The number of hydrogen-bond acceptors (Lipinski definition) is 4. The van der Waals surface area contributed by atoms with Gasteiger partial charge in [0.25, 0.3) is 0 Å². The Kier molecular flexibility index (Phi) is 8.92. The Labute approximate surface area is 224 Å². The SMILES string of the molecule is CC(=O)Cc1cccc(C2C=CC=CC2CS(=O)(=O)Cc2ccc(NC(=O)NCc3ccccc3)cc2)c1. The molecule has 6 nitrogen and oxygen atoms in total. The lowest BCUT2D eigenvalue weighted by Gasteiger charge is -2.25. The Morgan fingerprint density at radius 2 is 1.53 bits per heavy atom. The highest BCUT2D eigenvalue weighted by Crippen LogP contribution is 2.32. The van der Waals surface area contributed by atoms with Gasteiger partial charge in [0.05, 0.1) is 11.5 Å². The summed E-state index contributed by atoms with van der Waals surface area (Å²) in [5, 5.41) is 5.57. The Balaban J connectivity index is 1.35. The van der Waals surface area contributed by atoms with Gasteiger partial charge >= 0.3 is 6.03 Å². The molecule has 0 aliphatic heterocycles. The van der Waals surface area contributed by atoms with Gasteiger partial charge in [-0.05, 0) is 41.3 Å². The molecule has 0 heterocycles. The maximum atomic E-state index is 13.2. The van der Waals surface area contributed by atoms with Crippen LogP contribution in [0.1, 0.15) is 35.1 Å². The largest absolute Gasteiger partial charge is 0.334 e. The number of nitrogens with one attached hydrogen (secondary N) is 2. The van der Waals surface area contributed by atoms with Crippen LogP contribution in [0.4, 0.5) is 10.5 Å². The third kappa shape index (κ3) is 8.02. The molecule has 0 spiro atoms. The van der Waals surface area contributed by atoms with E-state index in [1.54, 1.807) is 31.2 Å². The van der Waals surface area contributed by atoms with Crippen LogP contribution in [0, 0.1) is 5.92 Å². The number of Topliss-reactive ketones (excluding diaryl/α,β-unsaturated/α-hetero) is 1. The maximum Gasteiger partial charge on any atom is 0.319 e. The zero-order valence-corrected chi connectivity index (χ0v) is 22.2. The smallest absolute Gasteiger partial charge is 0.319 e. The molecule has 0 fully saturated rings. The second-order valence-electron chi connectivity index (χ2n) is 9.63. The van der Waals surface area contributed by atoms with Crippen molar-refractivity contribution in [3.63, 3.8) is 0 Å². The zero-order valence-electron chi connectivity index (χ0n) is 21.3. The lowest BCUT2D eigenvalue weighted by Crippen LogP contribution is -2.28. The molecule has 196 valence electrons. The van der Waals surface area contributed by atoms with E-state index >= 15 is 0 Å². The summed E-state index contributed by atoms with van der Waals surface area (Å²) in [7, 11) is -3.42. The van der Waals surface area contributed by atoms with Gasteiger partial charge in [-0.3, -0.25) is 4.79 Å². The summed E-state index contributed by atoms with van der Waals surface area (Å²) in [6.07, 6.45) is 8.16. The van der Waals surface area contributed by atoms with Crippen molar-refractivity contribution in [1.82, 2.24) is 5.32 Å². The Morgan fingerprint density at radius 3 is 2.26 bits per heavy atom. The molecule has 2 atom stereocenters. The average molecular weight is 529 g/mol. The van der Waals surface area contributed by atoms with E-state index in [2.05, 4.69) is 10.6 Å². The molecule has 0 bridgehead atoms. The summed E-state index contributed by atoms with van der Waals surface area (Å²) in [6, 6.07) is 24.0. The molecule has 0 saturated carbocycles. The highest BCUT2D eigenvalue weighted by Gasteiger charge is 2.26. The molecule has 1 aliphatic carbocycles. The van der Waals surface area contributed by atoms with Crippen LogP contribution in [0.15, 0.2) is 103 Å². The van der Waals surface area contributed by atoms with Crippen molar-refractivity contribution in [2.45, 2.75) is 31.6 Å². The van der Waals surface area contributed by atoms with Crippen molar-refractivity contribution in [1.29, 1.82) is 0 Å². The quantitative estimate of drug-likeness (QED) is 0.359. The molecule has 3 aromatic carbocycles. The van der Waals surface area contributed by atoms with E-state index in [0.29, 0.717) is 24.2 Å². The predicted octanol–water partition coefficient (Wildman–Crippen LogP) is 5.58. The highest BCUT2D eigenvalue weighted by atomic mass is 32.2. The van der Waals surface area contributed by atoms with Gasteiger partial charge < -0.3 is 10.6 Å². The molecule has 2 unspecified atom stereocenters. The first-order valence-corrected chi connectivity index (χ1v) is 14.4. The minimum Gasteiger partial charge on any atom is -0.334 e. The van der Waals surface area contributed by atoms with Crippen LogP contribution in [0.25, 0.3) is 0 Å². The fourth-order valence-electron chi connectivity index (χ4n) is 4.61. The average Bonchev–Trinajstić information content (AvgIpc) is 2.89. The number of carbonyl (C=O) groups excluding carboxylic acids is 2. The van der Waals surface area contributed by atoms with E-state index < -0.39 is 9.84 Å². The Bertz CT molecular complexity index is 1430. The summed E-state index contributed by atoms with van der Waals surface area (Å²) in [6.45, 7) is 1.98. The lowest BCUT2D eigenvalue weighted by atomic mass is 9.83. The molecule has 2 N–H and O–H groups in total. The molecule has 38 heavy (non-hydrogen) atoms. The summed E-state index contributed by atoms with van der Waals surface area (Å²) in [5.74, 6) is -0.264. The van der Waals surface area contributed by atoms with Gasteiger partial charge in [0.2, 0.25) is 0 Å². The molecule has 2 amide bonds. The van der Waals surface area contributed by atoms with Gasteiger partial charge in [-0.1, -0.05) is 91.0 Å². The molecular weight excluding hydrogens is 496 g/mol. The third-order valence-electron chi connectivity index (χ3n) is 6.38. The number of rotatable bonds is 10. The van der Waals surface area contributed by atoms with Gasteiger partial charge in [0.1, 0.15) is 5.78 Å². The van der Waals surface area contributed by atoms with Crippen LogP contribution < -0.4 is 10.6 Å². The standard InChI is InChI=1S/C31H32N2O4S/c1-23(34)18-26-10-7-12-27(19-26)30-13-6-5-11-28(30)22-38(36,37)21-25-14-16-29(17-15-25)33-31(35)32-20-24-8-3-2-4-9-24/h2-17,19,28,30H,18,20-22H2,1H3,(H2,32,33,35). The molecule has 0 aromatic heterocycles. The monoisotopic (exact) mass is 528 g/mol. The first kappa shape index (κ1) is 27.1. The van der Waals surface area contributed by atoms with Gasteiger partial charge in [0.15, 0.2) is 9.84 Å². The van der Waals surface area contributed by atoms with E-state index in [9.17, 15) is 18.0 Å². The van der Waals surface area contributed by atoms with Crippen molar-refractivity contribution in [2.75, 3.05) is 11.1 Å². The van der Waals surface area contributed by atoms with E-state index in [0.717, 1.165) is 16.7 Å². The first-order valence-electron chi connectivity index (χ1n) is 12.6. The minimum absolute atomic E-state index is 0.0112. The van der Waals surface area contributed by atoms with E-state index in [1.165, 1.54) is 0 Å². The second kappa shape index (κ2) is 12.5. The Morgan fingerprint density at radius 1 is 0.816 bits per heavy atom. The number of amides is 2. The molecule has 3 aromatic rings. The number of carbonyl (C=O) groups is 2. The van der Waals surface area contributed by atoms with E-state index in [1.807, 2.05) is 78.9 Å². The number of hydrogen-bond donors (Lipinski definition) is 2. The highest BCUT2D eigenvalue weighted by molar-refractivity contribution is 7.90. The summed E-state index contributed by atoms with van der Waals surface area (Å²) in [5.41, 5.74) is 4.18. The van der Waals surface area contributed by atoms with Crippen LogP contribution >= 0.6 is 0 Å². The van der Waals surface area contributed by atoms with Gasteiger partial charge in [0, 0.05) is 30.5 Å². The van der Waals surface area contributed by atoms with E-state index in [-0.39, 0.29) is 35.2 Å². The van der Waals surface area contributed by atoms with Crippen LogP contribution in [0.2, 0.25) is 0 Å². The van der Waals surface area contributed by atoms with Gasteiger partial charge in [-0.15, -0.1) is 0 Å². The third-order valence-corrected chi connectivity index (χ3v) is 8.04. The van der Waals surface area contributed by atoms with Crippen LogP contribution in [0.5, 0.6) is 0 Å². The number of sulfone groups is 1. The number of urea groups is 1. The topological polar surface area (TPSA) is 92.3 Å². The number of benzene rings is 3. The fraction of sp³-hybridized carbons (Fsp3) is 0.226. The summed E-state index contributed by atoms with van der Waals surface area (Å²) >= 11 is 0. The van der Waals surface area contributed by atoms with Crippen LogP contribution in [-0.2, 0) is 33.4 Å². The van der Waals surface area contributed by atoms with Crippen molar-refractivity contribution < 1.29 is 18.0 Å². The minimum atomic E-state index is -3.42. The van der Waals surface area contributed by atoms with Crippen molar-refractivity contribution >= 4 is 27.3 Å². The molecule has 0 saturated heterocycles. The number of allylic oxidation sites excluding steroid dienone is 4. The Hall–Kier alpha value is -3.97. The number of ketones is 1. The fourth-order valence-corrected chi connectivity index (χ4v) is 6.34. The summed E-state index contributed by atoms with van der Waals surface area (Å²) in [4.78, 5) is 23.7. The second-order valence-corrected chi connectivity index (χ2v) is 11.7. The van der Waals surface area contributed by atoms with Gasteiger partial charge in [-0.25, -0.2) is 13.2 Å². The van der Waals surface area contributed by atoms with Crippen molar-refractivity contribution in [3.05, 3.63) is 125 Å².